The van der Waals surface area contributed by atoms with Crippen LogP contribution in [0.3, 0.4) is 0 Å². The Bertz CT molecular complexity index is 2480. The molecule has 10 nitrogen and oxygen atoms in total. The zero-order valence-corrected chi connectivity index (χ0v) is 32.8. The van der Waals surface area contributed by atoms with Gasteiger partial charge in [0.05, 0.1) is 46.6 Å². The van der Waals surface area contributed by atoms with Gasteiger partial charge in [-0.3, -0.25) is 24.6 Å². The Morgan fingerprint density at radius 1 is 0.931 bits per heavy atom. The normalized spacial score (nSPS) is 25.5. The number of ether oxygens (including phenoxy) is 1. The second-order valence-corrected chi connectivity index (χ2v) is 15.9. The van der Waals surface area contributed by atoms with Gasteiger partial charge in [0.15, 0.2) is 17.3 Å². The van der Waals surface area contributed by atoms with Gasteiger partial charge in [-0.05, 0) is 84.8 Å². The van der Waals surface area contributed by atoms with Gasteiger partial charge in [-0.1, -0.05) is 82.9 Å². The summed E-state index contributed by atoms with van der Waals surface area (Å²) in [4.78, 5) is 63.7. The Morgan fingerprint density at radius 3 is 2.34 bits per heavy atom. The molecule has 16 heteroatoms. The molecule has 0 bridgehead atoms. The average Bonchev–Trinajstić information content (AvgIpc) is 3.57. The number of rotatable bonds is 7. The lowest BCUT2D eigenvalue weighted by Gasteiger charge is -2.49. The number of alkyl halides is 3. The lowest BCUT2D eigenvalue weighted by molar-refractivity contribution is -0.139. The molecule has 4 aliphatic rings. The van der Waals surface area contributed by atoms with Crippen molar-refractivity contribution >= 4 is 76.0 Å². The highest BCUT2D eigenvalue weighted by molar-refractivity contribution is 6.33. The number of nitrogens with one attached hydrogen (secondary N) is 1. The smallest absolute Gasteiger partial charge is 0.417 e. The van der Waals surface area contributed by atoms with Crippen molar-refractivity contribution in [2.75, 3.05) is 17.4 Å². The Morgan fingerprint density at radius 2 is 1.67 bits per heavy atom. The number of amides is 4. The van der Waals surface area contributed by atoms with E-state index in [-0.39, 0.29) is 30.2 Å². The predicted molar refractivity (Wildman–Crippen MR) is 210 cm³/mol. The maximum absolute atomic E-state index is 15.3. The van der Waals surface area contributed by atoms with E-state index >= 15 is 4.79 Å². The van der Waals surface area contributed by atoms with Crippen molar-refractivity contribution in [3.63, 3.8) is 0 Å². The Labute approximate surface area is 344 Å². The molecule has 8 rings (SSSR count). The molecule has 2 aliphatic heterocycles. The third-order valence-corrected chi connectivity index (χ3v) is 12.7. The number of phenols is 1. The predicted octanol–water partition coefficient (Wildman–Crippen LogP) is 8.82. The summed E-state index contributed by atoms with van der Waals surface area (Å²) in [5, 5.41) is 11.3. The van der Waals surface area contributed by atoms with E-state index < -0.39 is 75.4 Å². The van der Waals surface area contributed by atoms with Gasteiger partial charge in [0.2, 0.25) is 11.8 Å². The molecule has 0 unspecified atom stereocenters. The van der Waals surface area contributed by atoms with Crippen molar-refractivity contribution in [1.29, 1.82) is 0 Å². The fraction of sp³-hybridized carbons (Fsp3) is 0.262. The topological polar surface area (TPSA) is 129 Å². The first-order valence-electron chi connectivity index (χ1n) is 18.1. The number of aromatic nitrogens is 1. The zero-order valence-electron chi connectivity index (χ0n) is 30.6. The number of fused-ring (bicyclic) bond motifs is 4. The number of imide groups is 2. The average molecular weight is 852 g/mol. The summed E-state index contributed by atoms with van der Waals surface area (Å²) in [7, 11) is 1.40. The quantitative estimate of drug-likeness (QED) is 0.140. The first kappa shape index (κ1) is 39.5. The molecule has 6 atom stereocenters. The third kappa shape index (κ3) is 6.22. The van der Waals surface area contributed by atoms with Crippen LogP contribution in [0.4, 0.5) is 24.7 Å². The maximum atomic E-state index is 15.3. The lowest BCUT2D eigenvalue weighted by Crippen LogP contribution is -2.54. The minimum absolute atomic E-state index is 0.0502. The summed E-state index contributed by atoms with van der Waals surface area (Å²) < 4.78 is 45.8. The number of allylic oxidation sites excluding steroid dienone is 3. The highest BCUT2D eigenvalue weighted by Crippen LogP contribution is 2.62. The van der Waals surface area contributed by atoms with Gasteiger partial charge >= 0.3 is 6.18 Å². The van der Waals surface area contributed by atoms with Crippen LogP contribution in [0.2, 0.25) is 15.1 Å². The van der Waals surface area contributed by atoms with Gasteiger partial charge in [-0.2, -0.15) is 18.2 Å². The van der Waals surface area contributed by atoms with Gasteiger partial charge in [-0.15, -0.1) is 0 Å². The first-order valence-corrected chi connectivity index (χ1v) is 19.2. The number of carbonyl (C=O) groups is 4. The van der Waals surface area contributed by atoms with Crippen LogP contribution in [0.25, 0.3) is 6.08 Å². The molecule has 3 aromatic carbocycles. The van der Waals surface area contributed by atoms with Crippen LogP contribution in [-0.2, 0) is 30.8 Å². The van der Waals surface area contributed by atoms with Crippen LogP contribution in [-0.4, -0.2) is 45.8 Å². The molecule has 0 radical (unpaired) electrons. The molecule has 1 saturated carbocycles. The van der Waals surface area contributed by atoms with Gasteiger partial charge in [0, 0.05) is 22.2 Å². The molecule has 4 amide bonds. The van der Waals surface area contributed by atoms with Crippen LogP contribution in [0, 0.1) is 36.5 Å². The van der Waals surface area contributed by atoms with E-state index in [0.717, 1.165) is 15.5 Å². The van der Waals surface area contributed by atoms with E-state index in [4.69, 9.17) is 39.5 Å². The largest absolute Gasteiger partial charge is 0.504 e. The van der Waals surface area contributed by atoms with Gasteiger partial charge < -0.3 is 9.84 Å². The Balaban J connectivity index is 1.29. The molecule has 0 spiro atoms. The SMILES string of the molecule is COc1cc(C=C[C@H]2C3=CC[C@@H]4C(=O)N(c5ccc(C)c(Cl)c5)C(=O)[C@@H]4[C@@H]3C[C@H]3C(=O)N(Nc4ncc(C(F)(F)F)cc4Cl)C(=O)[C@@]23c2ccc(Cl)cc2)ccc1O. The van der Waals surface area contributed by atoms with E-state index in [1.807, 2.05) is 6.08 Å². The van der Waals surface area contributed by atoms with E-state index in [1.54, 1.807) is 73.7 Å². The summed E-state index contributed by atoms with van der Waals surface area (Å²) in [5.41, 5.74) is 2.46. The molecular formula is C42H32Cl3F3N4O6. The first-order chi connectivity index (χ1) is 27.6. The number of carbonyl (C=O) groups excluding carboxylic acids is 4. The standard InChI is InChI=1S/C42H32Cl3F3N4O6/c1-20-3-10-25(17-31(20)44)51-37(54)27-12-11-26-28(35(27)39(51)56)18-30-38(55)52(50-36-32(45)16-23(19-49-36)42(46,47)48)40(57)41(30,22-6-8-24(43)9-7-22)29(26)13-4-21-5-14-33(53)34(15-21)58-2/h3-11,13-17,19,27-30,35,53H,12,18H2,1-2H3,(H,49,50)/t27-,28+,29-,30-,35-,41-/m0/s1. The van der Waals surface area contributed by atoms with Crippen molar-refractivity contribution in [3.05, 3.63) is 128 Å². The second kappa shape index (κ2) is 14.5. The number of phenolic OH excluding ortho intramolecular Hbond substituents is 1. The third-order valence-electron chi connectivity index (χ3n) is 11.7. The number of hydrogen-bond acceptors (Lipinski definition) is 8. The molecule has 3 heterocycles. The summed E-state index contributed by atoms with van der Waals surface area (Å²) in [6.45, 7) is 1.80. The monoisotopic (exact) mass is 850 g/mol. The number of aromatic hydroxyl groups is 1. The van der Waals surface area contributed by atoms with E-state index in [1.165, 1.54) is 13.2 Å². The fourth-order valence-electron chi connectivity index (χ4n) is 9.01. The number of anilines is 2. The Hall–Kier alpha value is -5.37. The van der Waals surface area contributed by atoms with Crippen LogP contribution >= 0.6 is 34.8 Å². The minimum atomic E-state index is -4.76. The highest BCUT2D eigenvalue weighted by Gasteiger charge is 2.69. The second-order valence-electron chi connectivity index (χ2n) is 14.7. The Kier molecular flexibility index (Phi) is 9.84. The van der Waals surface area contributed by atoms with Crippen LogP contribution in [0.5, 0.6) is 11.5 Å². The van der Waals surface area contributed by atoms with Gasteiger partial charge in [-0.25, -0.2) is 9.88 Å². The van der Waals surface area contributed by atoms with Crippen molar-refractivity contribution in [2.45, 2.75) is 31.4 Å². The maximum Gasteiger partial charge on any atom is 0.417 e. The molecule has 298 valence electrons. The molecule has 4 aromatic rings. The van der Waals surface area contributed by atoms with Gasteiger partial charge in [0.25, 0.3) is 11.8 Å². The minimum Gasteiger partial charge on any atom is -0.504 e. The van der Waals surface area contributed by atoms with Crippen molar-refractivity contribution in [2.24, 2.45) is 29.6 Å². The number of hydrazine groups is 1. The summed E-state index contributed by atoms with van der Waals surface area (Å²) in [6, 6.07) is 16.6. The number of nitrogens with zero attached hydrogens (tertiary/aromatic N) is 3. The highest BCUT2D eigenvalue weighted by atomic mass is 35.5. The summed E-state index contributed by atoms with van der Waals surface area (Å²) >= 11 is 19.0. The van der Waals surface area contributed by atoms with E-state index in [0.29, 0.717) is 44.7 Å². The molecule has 2 N–H and O–H groups in total. The summed E-state index contributed by atoms with van der Waals surface area (Å²) in [6.07, 6.45) is 1.21. The van der Waals surface area contributed by atoms with Crippen LogP contribution in [0.15, 0.2) is 90.7 Å². The van der Waals surface area contributed by atoms with E-state index in [2.05, 4.69) is 10.4 Å². The van der Waals surface area contributed by atoms with Gasteiger partial charge in [0.1, 0.15) is 0 Å². The number of methoxy groups -OCH3 is 1. The number of hydrogen-bond donors (Lipinski definition) is 2. The molecule has 1 aromatic heterocycles. The molecule has 3 fully saturated rings. The molecule has 2 saturated heterocycles. The lowest BCUT2D eigenvalue weighted by atomic mass is 9.50. The number of benzene rings is 3. The number of halogens is 6. The van der Waals surface area contributed by atoms with E-state index in [9.17, 15) is 32.7 Å². The van der Waals surface area contributed by atoms with Crippen molar-refractivity contribution in [1.82, 2.24) is 9.99 Å². The zero-order chi connectivity index (χ0) is 41.4. The molecule has 2 aliphatic carbocycles. The van der Waals surface area contributed by atoms with Crippen molar-refractivity contribution < 1.29 is 42.2 Å². The fourth-order valence-corrected chi connectivity index (χ4v) is 9.52. The van der Waals surface area contributed by atoms with Crippen LogP contribution in [0.1, 0.15) is 35.1 Å². The molecule has 58 heavy (non-hydrogen) atoms. The summed E-state index contributed by atoms with van der Waals surface area (Å²) in [5.74, 6) is -7.19. The number of aryl methyl sites for hydroxylation is 1. The molecular weight excluding hydrogens is 820 g/mol. The van der Waals surface area contributed by atoms with Crippen molar-refractivity contribution in [3.8, 4) is 11.5 Å². The van der Waals surface area contributed by atoms with Crippen LogP contribution < -0.4 is 15.1 Å². The number of pyridine rings is 1.